The second kappa shape index (κ2) is 11.4. The molecule has 5 rings (SSSR count). The van der Waals surface area contributed by atoms with Crippen LogP contribution in [0.5, 0.6) is 0 Å². The molecule has 2 aromatic heterocycles. The minimum Gasteiger partial charge on any atom is -0.365 e. The summed E-state index contributed by atoms with van der Waals surface area (Å²) in [6, 6.07) is 16.2. The molecule has 10 heteroatoms. The first-order valence-corrected chi connectivity index (χ1v) is 16.4. The number of aromatic nitrogens is 2. The van der Waals surface area contributed by atoms with Gasteiger partial charge in [-0.1, -0.05) is 42.8 Å². The lowest BCUT2D eigenvalue weighted by molar-refractivity contribution is 0.100. The van der Waals surface area contributed by atoms with E-state index in [0.29, 0.717) is 23.8 Å². The molecule has 7 nitrogen and oxygen atoms in total. The maximum absolute atomic E-state index is 12.4. The standard InChI is InChI=1S/C29H33ClN4O3S2/c1-19(23-5-3-4-6-24(23)30)15-22-17-27(38-28(22)29(31)35)34-18-32-25-8-7-21(16-26(25)34)20-9-11-33(12-10-20)13-14-39(2,36)37/h3-8,16-20H,9-15H2,1-2H3,(H2,31,35)/t19-/m0/s1. The van der Waals surface area contributed by atoms with Gasteiger partial charge >= 0.3 is 0 Å². The molecule has 0 aliphatic carbocycles. The SMILES string of the molecule is C[C@@H](Cc1cc(-n2cnc3ccc(C4CCN(CCS(C)(=O)=O)CC4)cc32)sc1C(N)=O)c1ccccc1Cl. The zero-order chi connectivity index (χ0) is 27.7. The number of imidazole rings is 1. The van der Waals surface area contributed by atoms with Gasteiger partial charge in [0.1, 0.15) is 21.2 Å². The molecule has 39 heavy (non-hydrogen) atoms. The predicted octanol–water partition coefficient (Wildman–Crippen LogP) is 5.41. The molecule has 1 saturated heterocycles. The Labute approximate surface area is 238 Å². The second-order valence-electron chi connectivity index (χ2n) is 10.5. The predicted molar refractivity (Wildman–Crippen MR) is 159 cm³/mol. The van der Waals surface area contributed by atoms with Crippen LogP contribution in [0.3, 0.4) is 0 Å². The molecule has 0 bridgehead atoms. The molecule has 0 radical (unpaired) electrons. The van der Waals surface area contributed by atoms with Gasteiger partial charge in [0.25, 0.3) is 5.91 Å². The van der Waals surface area contributed by atoms with E-state index in [0.717, 1.165) is 58.1 Å². The van der Waals surface area contributed by atoms with Crippen LogP contribution in [-0.2, 0) is 16.3 Å². The number of likely N-dealkylation sites (tertiary alicyclic amines) is 1. The number of fused-ring (bicyclic) bond motifs is 1. The Morgan fingerprint density at radius 2 is 1.92 bits per heavy atom. The van der Waals surface area contributed by atoms with E-state index in [2.05, 4.69) is 35.0 Å². The molecule has 2 aromatic carbocycles. The van der Waals surface area contributed by atoms with E-state index in [9.17, 15) is 13.2 Å². The Morgan fingerprint density at radius 1 is 1.18 bits per heavy atom. The van der Waals surface area contributed by atoms with Crippen LogP contribution in [0.1, 0.15) is 58.0 Å². The highest BCUT2D eigenvalue weighted by atomic mass is 35.5. The minimum atomic E-state index is -2.95. The molecule has 2 N–H and O–H groups in total. The van der Waals surface area contributed by atoms with Gasteiger partial charge in [-0.15, -0.1) is 11.3 Å². The first-order chi connectivity index (χ1) is 18.6. The first kappa shape index (κ1) is 27.8. The Morgan fingerprint density at radius 3 is 2.62 bits per heavy atom. The molecule has 1 fully saturated rings. The summed E-state index contributed by atoms with van der Waals surface area (Å²) in [5, 5.41) is 1.62. The van der Waals surface area contributed by atoms with E-state index in [1.807, 2.05) is 34.9 Å². The van der Waals surface area contributed by atoms with Gasteiger partial charge in [0.05, 0.1) is 21.7 Å². The maximum atomic E-state index is 12.4. The zero-order valence-corrected chi connectivity index (χ0v) is 24.5. The Kier molecular flexibility index (Phi) is 8.14. The van der Waals surface area contributed by atoms with Crippen molar-refractivity contribution in [1.29, 1.82) is 0 Å². The van der Waals surface area contributed by atoms with Crippen molar-refractivity contribution in [2.24, 2.45) is 5.73 Å². The molecular formula is C29H33ClN4O3S2. The highest BCUT2D eigenvalue weighted by Crippen LogP contribution is 2.35. The fraction of sp³-hybridized carbons (Fsp3) is 0.379. The smallest absolute Gasteiger partial charge is 0.259 e. The van der Waals surface area contributed by atoms with Crippen molar-refractivity contribution < 1.29 is 13.2 Å². The molecule has 0 spiro atoms. The van der Waals surface area contributed by atoms with Gasteiger partial charge in [0, 0.05) is 17.8 Å². The topological polar surface area (TPSA) is 98.3 Å². The van der Waals surface area contributed by atoms with Crippen molar-refractivity contribution in [3.8, 4) is 5.00 Å². The summed E-state index contributed by atoms with van der Waals surface area (Å²) in [7, 11) is -2.95. The summed E-state index contributed by atoms with van der Waals surface area (Å²) >= 11 is 7.82. The van der Waals surface area contributed by atoms with Crippen molar-refractivity contribution in [3.05, 3.63) is 81.4 Å². The van der Waals surface area contributed by atoms with E-state index >= 15 is 0 Å². The van der Waals surface area contributed by atoms with Gasteiger partial charge in [0.15, 0.2) is 0 Å². The third kappa shape index (κ3) is 6.38. The normalized spacial score (nSPS) is 16.1. The van der Waals surface area contributed by atoms with Crippen LogP contribution in [0.4, 0.5) is 0 Å². The number of piperidine rings is 1. The molecular weight excluding hydrogens is 552 g/mol. The number of thiophene rings is 1. The number of benzene rings is 2. The van der Waals surface area contributed by atoms with Crippen LogP contribution >= 0.6 is 22.9 Å². The number of amides is 1. The third-order valence-corrected chi connectivity index (χ3v) is 10.1. The van der Waals surface area contributed by atoms with Gasteiger partial charge in [-0.3, -0.25) is 9.36 Å². The molecule has 0 unspecified atom stereocenters. The number of hydrogen-bond donors (Lipinski definition) is 1. The number of carbonyl (C=O) groups excluding carboxylic acids is 1. The van der Waals surface area contributed by atoms with Gasteiger partial charge < -0.3 is 10.6 Å². The van der Waals surface area contributed by atoms with Crippen LogP contribution in [0, 0.1) is 0 Å². The second-order valence-corrected chi connectivity index (χ2v) is 14.2. The van der Waals surface area contributed by atoms with E-state index in [4.69, 9.17) is 17.3 Å². The van der Waals surface area contributed by atoms with Gasteiger partial charge in [0.2, 0.25) is 0 Å². The zero-order valence-electron chi connectivity index (χ0n) is 22.1. The fourth-order valence-electron chi connectivity index (χ4n) is 5.45. The molecule has 1 amide bonds. The molecule has 206 valence electrons. The van der Waals surface area contributed by atoms with Crippen LogP contribution in [0.15, 0.2) is 54.9 Å². The van der Waals surface area contributed by atoms with E-state index in [-0.39, 0.29) is 11.7 Å². The Bertz CT molecular complexity index is 1600. The Hall–Kier alpha value is -2.72. The molecule has 1 aliphatic rings. The lowest BCUT2D eigenvalue weighted by Gasteiger charge is -2.32. The summed E-state index contributed by atoms with van der Waals surface area (Å²) in [5.74, 6) is 0.300. The quantitative estimate of drug-likeness (QED) is 0.284. The number of carbonyl (C=O) groups is 1. The molecule has 4 aromatic rings. The van der Waals surface area contributed by atoms with Gasteiger partial charge in [-0.2, -0.15) is 0 Å². The van der Waals surface area contributed by atoms with E-state index in [1.165, 1.54) is 23.2 Å². The van der Waals surface area contributed by atoms with Crippen molar-refractivity contribution in [1.82, 2.24) is 14.5 Å². The number of sulfone groups is 1. The number of rotatable bonds is 9. The number of hydrogen-bond acceptors (Lipinski definition) is 6. The number of nitrogens with two attached hydrogens (primary N) is 1. The largest absolute Gasteiger partial charge is 0.365 e. The van der Waals surface area contributed by atoms with E-state index < -0.39 is 15.7 Å². The maximum Gasteiger partial charge on any atom is 0.259 e. The van der Waals surface area contributed by atoms with Crippen LogP contribution in [-0.4, -0.2) is 60.4 Å². The van der Waals surface area contributed by atoms with Crippen molar-refractivity contribution in [2.45, 2.75) is 38.0 Å². The van der Waals surface area contributed by atoms with Crippen molar-refractivity contribution in [2.75, 3.05) is 31.6 Å². The van der Waals surface area contributed by atoms with Crippen LogP contribution < -0.4 is 5.73 Å². The summed E-state index contributed by atoms with van der Waals surface area (Å²) < 4.78 is 25.1. The molecule has 1 atom stereocenters. The average Bonchev–Trinajstić information content (AvgIpc) is 3.51. The fourth-order valence-corrected chi connectivity index (χ4v) is 7.39. The van der Waals surface area contributed by atoms with Crippen LogP contribution in [0.2, 0.25) is 5.02 Å². The highest BCUT2D eigenvalue weighted by Gasteiger charge is 2.23. The summed E-state index contributed by atoms with van der Waals surface area (Å²) in [6.07, 6.45) is 5.71. The number of nitrogens with zero attached hydrogens (tertiary/aromatic N) is 3. The minimum absolute atomic E-state index is 0.119. The first-order valence-electron chi connectivity index (χ1n) is 13.1. The summed E-state index contributed by atoms with van der Waals surface area (Å²) in [5.41, 5.74) is 10.9. The molecule has 1 aliphatic heterocycles. The monoisotopic (exact) mass is 584 g/mol. The summed E-state index contributed by atoms with van der Waals surface area (Å²) in [4.78, 5) is 19.8. The third-order valence-electron chi connectivity index (χ3n) is 7.63. The lowest BCUT2D eigenvalue weighted by Crippen LogP contribution is -2.36. The average molecular weight is 585 g/mol. The molecule has 3 heterocycles. The number of primary amides is 1. The number of halogens is 1. The molecule has 0 saturated carbocycles. The van der Waals surface area contributed by atoms with E-state index in [1.54, 1.807) is 6.33 Å². The van der Waals surface area contributed by atoms with Gasteiger partial charge in [-0.25, -0.2) is 13.4 Å². The highest BCUT2D eigenvalue weighted by molar-refractivity contribution is 7.90. The lowest BCUT2D eigenvalue weighted by atomic mass is 9.89. The van der Waals surface area contributed by atoms with Crippen molar-refractivity contribution >= 4 is 49.7 Å². The Balaban J connectivity index is 1.38. The van der Waals surface area contributed by atoms with Crippen molar-refractivity contribution in [3.63, 3.8) is 0 Å². The van der Waals surface area contributed by atoms with Gasteiger partial charge in [-0.05, 0) is 85.1 Å². The summed E-state index contributed by atoms with van der Waals surface area (Å²) in [6.45, 7) is 4.47. The van der Waals surface area contributed by atoms with Crippen LogP contribution in [0.25, 0.3) is 16.0 Å².